The molecular formula is C132H254O15. The predicted octanol–water partition coefficient (Wildman–Crippen LogP) is 38.4. The fourth-order valence-corrected chi connectivity index (χ4v) is 24.8. The van der Waals surface area contributed by atoms with Gasteiger partial charge in [0.1, 0.15) is 30.5 Å². The van der Waals surface area contributed by atoms with E-state index >= 15 is 34.5 Å². The smallest absolute Gasteiger partial charge is 0.273 e. The van der Waals surface area contributed by atoms with Crippen LogP contribution in [0.25, 0.3) is 0 Å². The summed E-state index contributed by atoms with van der Waals surface area (Å²) in [5.41, 5.74) is -16.1. The van der Waals surface area contributed by atoms with Crippen molar-refractivity contribution in [3.05, 3.63) is 0 Å². The van der Waals surface area contributed by atoms with Crippen molar-refractivity contribution in [3.63, 3.8) is 0 Å². The zero-order valence-electron chi connectivity index (χ0n) is 99.4. The number of aliphatic hydroxyl groups excluding tert-OH is 4. The van der Waals surface area contributed by atoms with Gasteiger partial charge in [-0.3, -0.25) is 19.2 Å². The molecule has 9 atom stereocenters. The Bertz CT molecular complexity index is 2870. The number of hydrogen-bond acceptors (Lipinski definition) is 15. The van der Waals surface area contributed by atoms with E-state index in [9.17, 15) is 20.4 Å². The first-order valence-corrected chi connectivity index (χ1v) is 66.5. The van der Waals surface area contributed by atoms with Crippen LogP contribution in [-0.4, -0.2) is 137 Å². The molecule has 15 nitrogen and oxygen atoms in total. The second kappa shape index (κ2) is 96.4. The first kappa shape index (κ1) is 141. The Hall–Kier alpha value is -1.76. The van der Waals surface area contributed by atoms with Crippen LogP contribution in [0, 0.1) is 0 Å². The fourth-order valence-electron chi connectivity index (χ4n) is 24.8. The van der Waals surface area contributed by atoms with Crippen LogP contribution in [0.1, 0.15) is 742 Å². The molecule has 0 bridgehead atoms. The minimum Gasteiger partial charge on any atom is -0.394 e. The molecule has 2 aliphatic heterocycles. The lowest BCUT2D eigenvalue weighted by Gasteiger charge is -2.71. The Morgan fingerprint density at radius 1 is 0.259 bits per heavy atom. The van der Waals surface area contributed by atoms with E-state index in [1.54, 1.807) is 0 Å². The van der Waals surface area contributed by atoms with Crippen molar-refractivity contribution in [1.29, 1.82) is 0 Å². The molecule has 7 N–H and O–H groups in total. The molecule has 2 fully saturated rings. The summed E-state index contributed by atoms with van der Waals surface area (Å²) in [6, 6.07) is 0. The normalized spacial score (nSPS) is 20.7. The number of hydrogen-bond donors (Lipinski definition) is 7. The van der Waals surface area contributed by atoms with Crippen molar-refractivity contribution in [2.75, 3.05) is 19.8 Å². The number of Topliss-reactive ketones (excluding diaryl/α,β-unsaturated/α-hetero) is 4. The SMILES string of the molecule is CCCCCCCCCCCCCCCCCCCCCCO[C@@]1(C(=O)CCCCCCC)[C@@](O)(C(=O)CCCCCCC)[C@](O)(C(=O)CCCCCCC)[C@@](OC2(CO)O[C@H](CO)[C@@H](O)[C@@H]2O)(C(=O)CCCCCCC)O[C@]1(CCCCCCCCCCCCCCCCCCCCCC)C(O)(CCCCCCCCCCCCCCCCCCCCCC)CCCCCCCCCCCCCCCCCCCCCC. The molecule has 0 aliphatic carbocycles. The van der Waals surface area contributed by atoms with Crippen molar-refractivity contribution >= 4 is 23.1 Å². The predicted molar refractivity (Wildman–Crippen MR) is 624 cm³/mol. The van der Waals surface area contributed by atoms with Crippen LogP contribution in [0.5, 0.6) is 0 Å². The number of aliphatic hydroxyl groups is 7. The quantitative estimate of drug-likeness (QED) is 0.0280. The van der Waals surface area contributed by atoms with Crippen LogP contribution in [0.4, 0.5) is 0 Å². The van der Waals surface area contributed by atoms with Crippen LogP contribution in [0.15, 0.2) is 0 Å². The van der Waals surface area contributed by atoms with Crippen molar-refractivity contribution < 1.29 is 73.9 Å². The summed E-state index contributed by atoms with van der Waals surface area (Å²) in [4.78, 5) is 71.6. The number of ether oxygens (including phenoxy) is 4. The summed E-state index contributed by atoms with van der Waals surface area (Å²) in [5, 5.41) is 97.2. The molecule has 2 saturated heterocycles. The highest BCUT2D eigenvalue weighted by Gasteiger charge is 2.93. The molecular weight excluding hydrogens is 1830 g/mol. The molecule has 15 heteroatoms. The van der Waals surface area contributed by atoms with Crippen LogP contribution in [-0.2, 0) is 38.1 Å². The van der Waals surface area contributed by atoms with Gasteiger partial charge in [0, 0.05) is 32.3 Å². The standard InChI is InChI=1S/C132H254O15/c1-9-17-25-33-37-41-45-49-53-57-61-65-69-73-77-81-85-89-97-105-113-126(141,114-106-98-90-86-82-78-74-70-66-62-58-54-50-46-42-38-34-26-18-10-2)128(115-107-99-91-87-83-79-75-71-67-63-59-55-51-47-43-39-35-27-19-11-3)131(122(137)111-103-95-31-23-15-7,144-116-108-100-92-88-84-80-76-72-68-64-60-56-52-48-44-40-36-28-20-12-4)129(142,120(135)109-101-93-29-21-13-5)130(143,121(136)110-102-94-30-22-14-6)132(147-128,123(138)112-104-96-32-24-16-8)146-127(118-134)125(140)124(139)119(117-133)145-127/h119,124-125,133-134,139-143H,9-118H2,1-8H3/t119-,124-,125+,127?,128-,129-,130-,131-,132-/m1/s1. The van der Waals surface area contributed by atoms with E-state index < -0.39 is 114 Å². The molecule has 2 heterocycles. The molecule has 0 amide bonds. The van der Waals surface area contributed by atoms with Gasteiger partial charge < -0.3 is 54.7 Å². The molecule has 0 spiro atoms. The molecule has 0 radical (unpaired) electrons. The molecule has 0 saturated carbocycles. The summed E-state index contributed by atoms with van der Waals surface area (Å²) < 4.78 is 30.3. The van der Waals surface area contributed by atoms with Crippen molar-refractivity contribution in [2.24, 2.45) is 0 Å². The van der Waals surface area contributed by atoms with Gasteiger partial charge in [0.25, 0.3) is 5.79 Å². The van der Waals surface area contributed by atoms with Crippen LogP contribution in [0.2, 0.25) is 0 Å². The van der Waals surface area contributed by atoms with Gasteiger partial charge in [-0.15, -0.1) is 0 Å². The third kappa shape index (κ3) is 58.0. The third-order valence-corrected chi connectivity index (χ3v) is 34.6. The van der Waals surface area contributed by atoms with Crippen LogP contribution >= 0.6 is 0 Å². The van der Waals surface area contributed by atoms with E-state index in [2.05, 4.69) is 55.4 Å². The summed E-state index contributed by atoms with van der Waals surface area (Å²) in [5.74, 6) is -11.0. The van der Waals surface area contributed by atoms with E-state index in [4.69, 9.17) is 18.9 Å². The molecule has 0 aromatic carbocycles. The number of ketones is 4. The van der Waals surface area contributed by atoms with E-state index in [0.29, 0.717) is 83.5 Å². The Kier molecular flexibility index (Phi) is 92.6. The maximum Gasteiger partial charge on any atom is 0.273 e. The summed E-state index contributed by atoms with van der Waals surface area (Å²) >= 11 is 0. The van der Waals surface area contributed by atoms with E-state index in [0.717, 1.165) is 173 Å². The number of rotatable bonds is 118. The fraction of sp³-hybridized carbons (Fsp3) is 0.970. The molecule has 2 rings (SSSR count). The van der Waals surface area contributed by atoms with Gasteiger partial charge in [-0.1, -0.05) is 665 Å². The average Bonchev–Trinajstić information content (AvgIpc) is 0.988. The minimum absolute atomic E-state index is 0.0551. The lowest BCUT2D eigenvalue weighted by atomic mass is 9.47. The Balaban J connectivity index is 3.31. The van der Waals surface area contributed by atoms with Gasteiger partial charge in [0.05, 0.1) is 12.2 Å². The summed E-state index contributed by atoms with van der Waals surface area (Å²) in [6.45, 7) is 15.1. The maximum absolute atomic E-state index is 18.3. The zero-order valence-corrected chi connectivity index (χ0v) is 99.4. The highest BCUT2D eigenvalue weighted by atomic mass is 16.8. The second-order valence-electron chi connectivity index (χ2n) is 47.8. The first-order valence-electron chi connectivity index (χ1n) is 66.5. The van der Waals surface area contributed by atoms with Gasteiger partial charge in [-0.05, 0) is 51.4 Å². The molecule has 147 heavy (non-hydrogen) atoms. The van der Waals surface area contributed by atoms with E-state index in [1.165, 1.54) is 353 Å². The van der Waals surface area contributed by atoms with Crippen LogP contribution < -0.4 is 0 Å². The van der Waals surface area contributed by atoms with Crippen molar-refractivity contribution in [3.8, 4) is 0 Å². The monoisotopic (exact) mass is 2080 g/mol. The topological polar surface area (TPSA) is 247 Å². The number of carbonyl (C=O) groups is 4. The highest BCUT2D eigenvalue weighted by Crippen LogP contribution is 2.66. The third-order valence-electron chi connectivity index (χ3n) is 34.6. The van der Waals surface area contributed by atoms with Gasteiger partial charge in [-0.25, -0.2) is 0 Å². The maximum atomic E-state index is 18.3. The largest absolute Gasteiger partial charge is 0.394 e. The second-order valence-corrected chi connectivity index (χ2v) is 47.8. The molecule has 2 aliphatic rings. The highest BCUT2D eigenvalue weighted by molar-refractivity contribution is 6.11. The first-order chi connectivity index (χ1) is 71.9. The number of unbranched alkanes of at least 4 members (excludes halogenated alkanes) is 92. The van der Waals surface area contributed by atoms with Crippen molar-refractivity contribution in [2.45, 2.75) is 800 Å². The molecule has 1 unspecified atom stereocenters. The minimum atomic E-state index is -3.98. The summed E-state index contributed by atoms with van der Waals surface area (Å²) in [7, 11) is 0. The lowest BCUT2D eigenvalue weighted by molar-refractivity contribution is -0.485. The Morgan fingerprint density at radius 3 is 0.694 bits per heavy atom. The molecule has 0 aromatic heterocycles. The zero-order chi connectivity index (χ0) is 107. The average molecular weight is 2080 g/mol. The van der Waals surface area contributed by atoms with Crippen molar-refractivity contribution in [1.82, 2.24) is 0 Å². The molecule has 872 valence electrons. The Morgan fingerprint density at radius 2 is 0.463 bits per heavy atom. The van der Waals surface area contributed by atoms with Gasteiger partial charge in [0.15, 0.2) is 28.7 Å². The van der Waals surface area contributed by atoms with E-state index in [1.807, 2.05) is 0 Å². The number of carbonyl (C=O) groups excluding carboxylic acids is 4. The van der Waals surface area contributed by atoms with Gasteiger partial charge >= 0.3 is 0 Å². The summed E-state index contributed by atoms with van der Waals surface area (Å²) in [6.07, 6.45) is 97.3. The Labute approximate surface area is 911 Å². The lowest BCUT2D eigenvalue weighted by Crippen LogP contribution is -2.97. The van der Waals surface area contributed by atoms with Crippen LogP contribution in [0.3, 0.4) is 0 Å². The van der Waals surface area contributed by atoms with Gasteiger partial charge in [-0.2, -0.15) is 0 Å². The van der Waals surface area contributed by atoms with E-state index in [-0.39, 0.29) is 64.4 Å². The molecule has 0 aromatic rings. The van der Waals surface area contributed by atoms with Gasteiger partial charge in [0.2, 0.25) is 17.0 Å².